The monoisotopic (exact) mass is 369 g/mol. The largest absolute Gasteiger partial charge is 0.356 e. The lowest BCUT2D eigenvalue weighted by Gasteiger charge is -2.22. The van der Waals surface area contributed by atoms with Gasteiger partial charge in [-0.2, -0.15) is 0 Å². The van der Waals surface area contributed by atoms with E-state index in [9.17, 15) is 18.0 Å². The second kappa shape index (κ2) is 9.53. The van der Waals surface area contributed by atoms with Crippen molar-refractivity contribution in [3.05, 3.63) is 24.3 Å². The summed E-state index contributed by atoms with van der Waals surface area (Å²) < 4.78 is 27.7. The number of nitrogens with one attached hydrogen (secondary N) is 3. The van der Waals surface area contributed by atoms with E-state index in [1.165, 1.54) is 31.2 Å². The second-order valence-corrected chi connectivity index (χ2v) is 7.95. The molecule has 1 atom stereocenters. The summed E-state index contributed by atoms with van der Waals surface area (Å²) in [4.78, 5) is 23.0. The first-order valence-electron chi connectivity index (χ1n) is 8.32. The van der Waals surface area contributed by atoms with E-state index in [0.29, 0.717) is 12.2 Å². The lowest BCUT2D eigenvalue weighted by atomic mass is 10.0. The van der Waals surface area contributed by atoms with Gasteiger partial charge in [-0.1, -0.05) is 20.8 Å². The Morgan fingerprint density at radius 2 is 1.72 bits per heavy atom. The van der Waals surface area contributed by atoms with Crippen LogP contribution in [0.25, 0.3) is 0 Å². The van der Waals surface area contributed by atoms with Gasteiger partial charge in [-0.25, -0.2) is 13.1 Å². The molecular weight excluding hydrogens is 342 g/mol. The Bertz CT molecular complexity index is 684. The average molecular weight is 369 g/mol. The summed E-state index contributed by atoms with van der Waals surface area (Å²) in [5.74, 6) is -0.447. The van der Waals surface area contributed by atoms with Gasteiger partial charge in [0, 0.05) is 31.6 Å². The Morgan fingerprint density at radius 1 is 1.12 bits per heavy atom. The van der Waals surface area contributed by atoms with E-state index in [4.69, 9.17) is 0 Å². The maximum absolute atomic E-state index is 12.5. The van der Waals surface area contributed by atoms with Crippen LogP contribution < -0.4 is 15.4 Å². The number of carbonyl (C=O) groups is 2. The highest BCUT2D eigenvalue weighted by Gasteiger charge is 2.24. The van der Waals surface area contributed by atoms with E-state index in [0.717, 1.165) is 6.42 Å². The van der Waals surface area contributed by atoms with Crippen molar-refractivity contribution < 1.29 is 18.0 Å². The Labute approximate surface area is 149 Å². The SMILES string of the molecule is CCCNC(=O)C[C@H](NS(=O)(=O)c1ccc(NC(C)=O)cc1)C(C)C. The topological polar surface area (TPSA) is 104 Å². The van der Waals surface area contributed by atoms with Gasteiger partial charge in [-0.3, -0.25) is 9.59 Å². The highest BCUT2D eigenvalue weighted by Crippen LogP contribution is 2.16. The van der Waals surface area contributed by atoms with Gasteiger partial charge in [0.05, 0.1) is 4.90 Å². The van der Waals surface area contributed by atoms with Gasteiger partial charge in [0.25, 0.3) is 0 Å². The van der Waals surface area contributed by atoms with E-state index in [-0.39, 0.29) is 29.0 Å². The summed E-state index contributed by atoms with van der Waals surface area (Å²) in [6, 6.07) is 5.38. The zero-order chi connectivity index (χ0) is 19.0. The van der Waals surface area contributed by atoms with Gasteiger partial charge in [-0.05, 0) is 36.6 Å². The van der Waals surface area contributed by atoms with Crippen LogP contribution in [0.4, 0.5) is 5.69 Å². The minimum absolute atomic E-state index is 0.0409. The fraction of sp³-hybridized carbons (Fsp3) is 0.529. The molecule has 1 aromatic carbocycles. The molecule has 0 fully saturated rings. The predicted molar refractivity (Wildman–Crippen MR) is 97.6 cm³/mol. The number of anilines is 1. The third-order valence-corrected chi connectivity index (χ3v) is 5.08. The van der Waals surface area contributed by atoms with Crippen molar-refractivity contribution in [3.8, 4) is 0 Å². The van der Waals surface area contributed by atoms with Gasteiger partial charge in [0.2, 0.25) is 21.8 Å². The molecule has 0 radical (unpaired) electrons. The summed E-state index contributed by atoms with van der Waals surface area (Å²) in [7, 11) is -3.76. The van der Waals surface area contributed by atoms with Crippen molar-refractivity contribution in [2.24, 2.45) is 5.92 Å². The van der Waals surface area contributed by atoms with Gasteiger partial charge >= 0.3 is 0 Å². The quantitative estimate of drug-likeness (QED) is 0.618. The Hall–Kier alpha value is -1.93. The molecule has 0 aliphatic heterocycles. The highest BCUT2D eigenvalue weighted by atomic mass is 32.2. The number of benzene rings is 1. The van der Waals surface area contributed by atoms with E-state index in [2.05, 4.69) is 15.4 Å². The molecule has 1 rings (SSSR count). The zero-order valence-electron chi connectivity index (χ0n) is 15.1. The number of carbonyl (C=O) groups excluding carboxylic acids is 2. The zero-order valence-corrected chi connectivity index (χ0v) is 15.9. The van der Waals surface area contributed by atoms with Crippen molar-refractivity contribution in [3.63, 3.8) is 0 Å². The Morgan fingerprint density at radius 3 is 2.20 bits per heavy atom. The summed E-state index contributed by atoms with van der Waals surface area (Å²) in [5, 5.41) is 5.34. The summed E-state index contributed by atoms with van der Waals surface area (Å²) in [5.41, 5.74) is 0.519. The van der Waals surface area contributed by atoms with E-state index in [1.54, 1.807) is 0 Å². The maximum Gasteiger partial charge on any atom is 0.240 e. The molecule has 3 N–H and O–H groups in total. The summed E-state index contributed by atoms with van der Waals surface area (Å²) in [6.07, 6.45) is 0.908. The van der Waals surface area contributed by atoms with Gasteiger partial charge < -0.3 is 10.6 Å². The number of hydrogen-bond acceptors (Lipinski definition) is 4. The molecule has 0 spiro atoms. The van der Waals surface area contributed by atoms with Crippen LogP contribution in [0.2, 0.25) is 0 Å². The van der Waals surface area contributed by atoms with Crippen LogP contribution >= 0.6 is 0 Å². The number of rotatable bonds is 9. The minimum Gasteiger partial charge on any atom is -0.356 e. The molecule has 25 heavy (non-hydrogen) atoms. The van der Waals surface area contributed by atoms with E-state index in [1.807, 2.05) is 20.8 Å². The summed E-state index contributed by atoms with van der Waals surface area (Å²) >= 11 is 0. The summed E-state index contributed by atoms with van der Waals surface area (Å²) in [6.45, 7) is 7.62. The number of sulfonamides is 1. The fourth-order valence-electron chi connectivity index (χ4n) is 2.14. The van der Waals surface area contributed by atoms with Gasteiger partial charge in [-0.15, -0.1) is 0 Å². The molecule has 1 aromatic rings. The van der Waals surface area contributed by atoms with Gasteiger partial charge in [0.15, 0.2) is 0 Å². The molecule has 8 heteroatoms. The first-order valence-corrected chi connectivity index (χ1v) is 9.80. The first-order chi connectivity index (χ1) is 11.7. The van der Waals surface area contributed by atoms with Crippen molar-refractivity contribution in [1.29, 1.82) is 0 Å². The molecule has 0 bridgehead atoms. The van der Waals surface area contributed by atoms with Crippen LogP contribution in [0, 0.1) is 5.92 Å². The minimum atomic E-state index is -3.76. The molecule has 0 heterocycles. The molecule has 0 aliphatic rings. The molecule has 140 valence electrons. The lowest BCUT2D eigenvalue weighted by molar-refractivity contribution is -0.121. The van der Waals surface area contributed by atoms with E-state index >= 15 is 0 Å². The molecule has 0 saturated heterocycles. The first kappa shape index (κ1) is 21.1. The Balaban J connectivity index is 2.84. The van der Waals surface area contributed by atoms with Crippen molar-refractivity contribution in [2.45, 2.75) is 51.5 Å². The molecular formula is C17H27N3O4S. The highest BCUT2D eigenvalue weighted by molar-refractivity contribution is 7.89. The van der Waals surface area contributed by atoms with Crippen LogP contribution in [-0.4, -0.2) is 32.8 Å². The molecule has 0 unspecified atom stereocenters. The van der Waals surface area contributed by atoms with E-state index < -0.39 is 16.1 Å². The van der Waals surface area contributed by atoms with Crippen molar-refractivity contribution in [2.75, 3.05) is 11.9 Å². The fourth-order valence-corrected chi connectivity index (χ4v) is 3.52. The normalized spacial score (nSPS) is 12.7. The number of amides is 2. The predicted octanol–water partition coefficient (Wildman–Crippen LogP) is 1.86. The average Bonchev–Trinajstić information content (AvgIpc) is 2.52. The second-order valence-electron chi connectivity index (χ2n) is 6.23. The molecule has 0 aliphatic carbocycles. The van der Waals surface area contributed by atoms with Crippen LogP contribution in [-0.2, 0) is 19.6 Å². The standard InChI is InChI=1S/C17H27N3O4S/c1-5-10-18-17(22)11-16(12(2)3)20-25(23,24)15-8-6-14(7-9-15)19-13(4)21/h6-9,12,16,20H,5,10-11H2,1-4H3,(H,18,22)(H,19,21)/t16-/m0/s1. The van der Waals surface area contributed by atoms with Crippen molar-refractivity contribution >= 4 is 27.5 Å². The maximum atomic E-state index is 12.5. The molecule has 0 aromatic heterocycles. The van der Waals surface area contributed by atoms with Crippen LogP contribution in [0.1, 0.15) is 40.5 Å². The van der Waals surface area contributed by atoms with Crippen LogP contribution in [0.5, 0.6) is 0 Å². The Kier molecular flexibility index (Phi) is 8.05. The molecule has 0 saturated carbocycles. The number of hydrogen-bond donors (Lipinski definition) is 3. The third-order valence-electron chi connectivity index (χ3n) is 3.57. The smallest absolute Gasteiger partial charge is 0.240 e. The van der Waals surface area contributed by atoms with Crippen LogP contribution in [0.3, 0.4) is 0 Å². The third kappa shape index (κ3) is 7.23. The van der Waals surface area contributed by atoms with Crippen molar-refractivity contribution in [1.82, 2.24) is 10.0 Å². The molecule has 7 nitrogen and oxygen atoms in total. The molecule has 2 amide bonds. The lowest BCUT2D eigenvalue weighted by Crippen LogP contribution is -2.42. The van der Waals surface area contributed by atoms with Crippen LogP contribution in [0.15, 0.2) is 29.2 Å². The van der Waals surface area contributed by atoms with Gasteiger partial charge in [0.1, 0.15) is 0 Å².